The van der Waals surface area contributed by atoms with Crippen LogP contribution in [0.1, 0.15) is 54.2 Å². The van der Waals surface area contributed by atoms with Crippen LogP contribution in [-0.4, -0.2) is 39.5 Å². The number of carbonyl (C=O) groups is 1. The fraction of sp³-hybridized carbons (Fsp3) is 0.346. The Balaban J connectivity index is 1.13. The molecule has 2 aromatic carbocycles. The third kappa shape index (κ3) is 4.18. The highest BCUT2D eigenvalue weighted by Crippen LogP contribution is 2.44. The van der Waals surface area contributed by atoms with Crippen molar-refractivity contribution < 1.29 is 24.1 Å². The predicted molar refractivity (Wildman–Crippen MR) is 127 cm³/mol. The summed E-state index contributed by atoms with van der Waals surface area (Å²) in [6, 6.07) is 14.7. The number of nitrogens with zero attached hydrogens (tertiary/aromatic N) is 1. The van der Waals surface area contributed by atoms with Gasteiger partial charge in [0.1, 0.15) is 23.8 Å². The van der Waals surface area contributed by atoms with Gasteiger partial charge in [-0.05, 0) is 30.9 Å². The van der Waals surface area contributed by atoms with Crippen LogP contribution in [0.25, 0.3) is 0 Å². The Hall–Kier alpha value is -3.89. The summed E-state index contributed by atoms with van der Waals surface area (Å²) in [6.45, 7) is -0.0173. The molecule has 1 saturated heterocycles. The molecule has 0 spiro atoms. The lowest BCUT2D eigenvalue weighted by atomic mass is 9.97. The summed E-state index contributed by atoms with van der Waals surface area (Å²) >= 11 is 0. The topological polar surface area (TPSA) is 132 Å². The van der Waals surface area contributed by atoms with Gasteiger partial charge in [0.2, 0.25) is 0 Å². The molecule has 10 nitrogen and oxygen atoms in total. The third-order valence-corrected chi connectivity index (χ3v) is 6.82. The Morgan fingerprint density at radius 3 is 2.39 bits per heavy atom. The van der Waals surface area contributed by atoms with E-state index in [0.29, 0.717) is 17.1 Å². The number of alkyl carbamates (subject to hydrolysis) is 1. The number of nitrogens with one attached hydrogen (secondary N) is 2. The number of carbonyl (C=O) groups excluding carboxylic acids is 1. The van der Waals surface area contributed by atoms with Crippen molar-refractivity contribution in [1.82, 2.24) is 14.9 Å². The van der Waals surface area contributed by atoms with E-state index in [4.69, 9.17) is 14.2 Å². The molecule has 36 heavy (non-hydrogen) atoms. The van der Waals surface area contributed by atoms with Gasteiger partial charge in [0.05, 0.1) is 6.10 Å². The summed E-state index contributed by atoms with van der Waals surface area (Å²) in [5, 5.41) is 13.2. The minimum absolute atomic E-state index is 0.0173. The molecule has 2 fully saturated rings. The number of hydrogen-bond donors (Lipinski definition) is 3. The first-order valence-corrected chi connectivity index (χ1v) is 12.0. The zero-order chi connectivity index (χ0) is 24.8. The van der Waals surface area contributed by atoms with Gasteiger partial charge < -0.3 is 24.6 Å². The van der Waals surface area contributed by atoms with Crippen LogP contribution in [0.15, 0.2) is 64.3 Å². The summed E-state index contributed by atoms with van der Waals surface area (Å²) in [6.07, 6.45) is -0.254. The van der Waals surface area contributed by atoms with Crippen molar-refractivity contribution in [2.24, 2.45) is 0 Å². The highest BCUT2D eigenvalue weighted by atomic mass is 16.6. The molecule has 1 aliphatic carbocycles. The van der Waals surface area contributed by atoms with Crippen LogP contribution in [0.4, 0.5) is 4.79 Å². The van der Waals surface area contributed by atoms with Gasteiger partial charge in [-0.3, -0.25) is 14.3 Å². The summed E-state index contributed by atoms with van der Waals surface area (Å²) < 4.78 is 18.9. The maximum absolute atomic E-state index is 12.8. The first kappa shape index (κ1) is 22.6. The van der Waals surface area contributed by atoms with Crippen molar-refractivity contribution in [3.63, 3.8) is 0 Å². The van der Waals surface area contributed by atoms with Crippen molar-refractivity contribution in [3.8, 4) is 11.5 Å². The van der Waals surface area contributed by atoms with E-state index >= 15 is 0 Å². The van der Waals surface area contributed by atoms with E-state index in [9.17, 15) is 19.5 Å². The van der Waals surface area contributed by atoms with Crippen molar-refractivity contribution in [2.75, 3.05) is 6.54 Å². The fourth-order valence-corrected chi connectivity index (χ4v) is 4.80. The normalized spacial score (nSPS) is 22.9. The third-order valence-electron chi connectivity index (χ3n) is 6.82. The van der Waals surface area contributed by atoms with Gasteiger partial charge in [0, 0.05) is 35.9 Å². The first-order valence-electron chi connectivity index (χ1n) is 12.0. The maximum Gasteiger partial charge on any atom is 0.408 e. The second kappa shape index (κ2) is 8.96. The molecule has 0 bridgehead atoms. The van der Waals surface area contributed by atoms with E-state index in [1.807, 2.05) is 48.5 Å². The van der Waals surface area contributed by atoms with Crippen LogP contribution < -0.4 is 21.3 Å². The number of aliphatic hydroxyl groups is 1. The number of aromatic nitrogens is 2. The second-order valence-electron chi connectivity index (χ2n) is 9.30. The summed E-state index contributed by atoms with van der Waals surface area (Å²) in [4.78, 5) is 39.5. The molecule has 3 N–H and O–H groups in total. The molecule has 1 amide bonds. The first-order chi connectivity index (χ1) is 17.5. The number of ether oxygens (including phenoxy) is 3. The van der Waals surface area contributed by atoms with E-state index in [2.05, 4.69) is 10.3 Å². The van der Waals surface area contributed by atoms with Gasteiger partial charge in [-0.25, -0.2) is 9.59 Å². The van der Waals surface area contributed by atoms with Crippen molar-refractivity contribution >= 4 is 6.09 Å². The van der Waals surface area contributed by atoms with Crippen LogP contribution in [0.5, 0.6) is 11.5 Å². The minimum Gasteiger partial charge on any atom is -0.456 e. The molecule has 6 rings (SSSR count). The van der Waals surface area contributed by atoms with Crippen molar-refractivity contribution in [1.29, 1.82) is 0 Å². The van der Waals surface area contributed by atoms with Crippen molar-refractivity contribution in [2.45, 2.75) is 49.7 Å². The van der Waals surface area contributed by atoms with Crippen LogP contribution >= 0.6 is 0 Å². The zero-order valence-electron chi connectivity index (χ0n) is 19.3. The second-order valence-corrected chi connectivity index (χ2v) is 9.30. The Bertz CT molecular complexity index is 1380. The molecule has 3 aliphatic rings. The molecule has 0 radical (unpaired) electrons. The monoisotopic (exact) mass is 491 g/mol. The fourth-order valence-electron chi connectivity index (χ4n) is 4.80. The van der Waals surface area contributed by atoms with E-state index in [1.165, 1.54) is 10.8 Å². The number of amides is 1. The van der Waals surface area contributed by atoms with Crippen LogP contribution in [-0.2, 0) is 9.47 Å². The van der Waals surface area contributed by atoms with E-state index in [1.54, 1.807) is 0 Å². The molecule has 2 aliphatic heterocycles. The van der Waals surface area contributed by atoms with Gasteiger partial charge in [0.15, 0.2) is 6.10 Å². The highest BCUT2D eigenvalue weighted by Gasteiger charge is 2.37. The number of fused-ring (bicyclic) bond motifs is 2. The standard InChI is InChI=1S/C26H25N3O7/c30-18-11-22(29-13-17(14-9-10-14)24(31)28-25(29)32)35-21(18)12-27-26(33)36-23-15-5-1-3-7-19(15)34-20-8-4-2-6-16(20)23/h1-8,13-14,18,21-23,30H,9-12H2,(H,27,33)(H,28,31,32)/t18-,21+,22+/m0/s1. The molecular formula is C26H25N3O7. The summed E-state index contributed by atoms with van der Waals surface area (Å²) in [5.74, 6) is 1.38. The number of rotatable bonds is 5. The maximum atomic E-state index is 12.8. The molecule has 186 valence electrons. The van der Waals surface area contributed by atoms with Gasteiger partial charge in [0.25, 0.3) is 5.56 Å². The molecule has 3 heterocycles. The van der Waals surface area contributed by atoms with E-state index < -0.39 is 36.3 Å². The van der Waals surface area contributed by atoms with Crippen LogP contribution in [0.2, 0.25) is 0 Å². The lowest BCUT2D eigenvalue weighted by Crippen LogP contribution is -2.38. The summed E-state index contributed by atoms with van der Waals surface area (Å²) in [5.41, 5.74) is 1.04. The van der Waals surface area contributed by atoms with Gasteiger partial charge in [-0.15, -0.1) is 0 Å². The number of aliphatic hydroxyl groups excluding tert-OH is 1. The van der Waals surface area contributed by atoms with Crippen LogP contribution in [0, 0.1) is 0 Å². The average Bonchev–Trinajstić information content (AvgIpc) is 3.64. The lowest BCUT2D eigenvalue weighted by molar-refractivity contribution is -0.0197. The smallest absolute Gasteiger partial charge is 0.408 e. The molecule has 1 saturated carbocycles. The molecule has 3 atom stereocenters. The SMILES string of the molecule is O=C(NC[C@H]1O[C@@H](n2cc(C3CC3)c(=O)[nH]c2=O)C[C@@H]1O)OC1c2ccccc2Oc2ccccc21. The molecule has 0 unspecified atom stereocenters. The van der Waals surface area contributed by atoms with Gasteiger partial charge >= 0.3 is 11.8 Å². The lowest BCUT2D eigenvalue weighted by Gasteiger charge is -2.28. The Morgan fingerprint density at radius 2 is 1.72 bits per heavy atom. The average molecular weight is 492 g/mol. The Labute approximate surface area is 205 Å². The van der Waals surface area contributed by atoms with E-state index in [-0.39, 0.29) is 24.4 Å². The van der Waals surface area contributed by atoms with Crippen molar-refractivity contribution in [3.05, 3.63) is 92.3 Å². The van der Waals surface area contributed by atoms with Crippen LogP contribution in [0.3, 0.4) is 0 Å². The molecule has 10 heteroatoms. The predicted octanol–water partition coefficient (Wildman–Crippen LogP) is 2.68. The summed E-state index contributed by atoms with van der Waals surface area (Å²) in [7, 11) is 0. The van der Waals surface area contributed by atoms with Gasteiger partial charge in [-0.2, -0.15) is 0 Å². The Kier molecular flexibility index (Phi) is 5.62. The molecule has 3 aromatic rings. The Morgan fingerprint density at radius 1 is 1.06 bits per heavy atom. The van der Waals surface area contributed by atoms with Gasteiger partial charge in [-0.1, -0.05) is 36.4 Å². The largest absolute Gasteiger partial charge is 0.456 e. The molecular weight excluding hydrogens is 466 g/mol. The number of para-hydroxylation sites is 2. The zero-order valence-corrected chi connectivity index (χ0v) is 19.3. The minimum atomic E-state index is -0.914. The highest BCUT2D eigenvalue weighted by molar-refractivity contribution is 5.69. The number of H-pyrrole nitrogens is 1. The number of hydrogen-bond acceptors (Lipinski definition) is 7. The molecule has 1 aromatic heterocycles. The number of benzene rings is 2. The van der Waals surface area contributed by atoms with E-state index in [0.717, 1.165) is 24.0 Å². The number of aromatic amines is 1. The quantitative estimate of drug-likeness (QED) is 0.500.